The number of thioether (sulfide) groups is 1. The third kappa shape index (κ3) is 5.21. The highest BCUT2D eigenvalue weighted by atomic mass is 32.2. The standard InChI is InChI=1S/C19H19N3O3S2/c1-2-13-22-18(16-9-5-3-6-10-16)20-21-19(22)26-14-15-27(23,24)25-17-11-7-4-8-12-17/h2-12H,1,13-15H2. The Morgan fingerprint density at radius 3 is 2.37 bits per heavy atom. The lowest BCUT2D eigenvalue weighted by atomic mass is 10.2. The predicted octanol–water partition coefficient (Wildman–Crippen LogP) is 3.63. The van der Waals surface area contributed by atoms with Gasteiger partial charge in [-0.3, -0.25) is 4.57 Å². The molecular formula is C19H19N3O3S2. The first-order valence-corrected chi connectivity index (χ1v) is 10.8. The Bertz CT molecular complexity index is 988. The summed E-state index contributed by atoms with van der Waals surface area (Å²) in [5.41, 5.74) is 0.943. The van der Waals surface area contributed by atoms with Crippen LogP contribution in [0.3, 0.4) is 0 Å². The van der Waals surface area contributed by atoms with E-state index in [1.807, 2.05) is 34.9 Å². The third-order valence-corrected chi connectivity index (χ3v) is 5.97. The van der Waals surface area contributed by atoms with Crippen molar-refractivity contribution in [2.45, 2.75) is 11.7 Å². The van der Waals surface area contributed by atoms with Crippen LogP contribution in [0.2, 0.25) is 0 Å². The van der Waals surface area contributed by atoms with Crippen LogP contribution in [0.4, 0.5) is 0 Å². The zero-order chi connectivity index (χ0) is 19.1. The van der Waals surface area contributed by atoms with Crippen molar-refractivity contribution in [2.24, 2.45) is 0 Å². The lowest BCUT2D eigenvalue weighted by Crippen LogP contribution is -2.15. The van der Waals surface area contributed by atoms with Gasteiger partial charge in [-0.15, -0.1) is 16.8 Å². The number of aromatic nitrogens is 3. The summed E-state index contributed by atoms with van der Waals surface area (Å²) in [5.74, 6) is 1.21. The molecule has 0 saturated carbocycles. The molecule has 3 aromatic rings. The number of hydrogen-bond acceptors (Lipinski definition) is 6. The summed E-state index contributed by atoms with van der Waals surface area (Å²) in [6.45, 7) is 4.31. The summed E-state index contributed by atoms with van der Waals surface area (Å²) in [4.78, 5) is 0. The molecule has 0 N–H and O–H groups in total. The molecule has 0 aliphatic heterocycles. The van der Waals surface area contributed by atoms with Crippen LogP contribution in [0.25, 0.3) is 11.4 Å². The van der Waals surface area contributed by atoms with Crippen molar-refractivity contribution in [3.05, 3.63) is 73.3 Å². The van der Waals surface area contributed by atoms with Gasteiger partial charge in [-0.2, -0.15) is 8.42 Å². The summed E-state index contributed by atoms with van der Waals surface area (Å²) in [6.07, 6.45) is 1.76. The minimum atomic E-state index is -3.67. The molecule has 1 aromatic heterocycles. The molecule has 8 heteroatoms. The van der Waals surface area contributed by atoms with Gasteiger partial charge in [0.15, 0.2) is 11.0 Å². The fourth-order valence-electron chi connectivity index (χ4n) is 2.39. The molecule has 27 heavy (non-hydrogen) atoms. The zero-order valence-electron chi connectivity index (χ0n) is 14.6. The minimum absolute atomic E-state index is 0.131. The monoisotopic (exact) mass is 401 g/mol. The number of allylic oxidation sites excluding steroid dienone is 1. The predicted molar refractivity (Wildman–Crippen MR) is 107 cm³/mol. The first-order valence-electron chi connectivity index (χ1n) is 8.28. The highest BCUT2D eigenvalue weighted by Crippen LogP contribution is 2.24. The van der Waals surface area contributed by atoms with E-state index in [1.54, 1.807) is 36.4 Å². The second-order valence-corrected chi connectivity index (χ2v) is 8.33. The Balaban J connectivity index is 1.67. The average molecular weight is 402 g/mol. The van der Waals surface area contributed by atoms with Gasteiger partial charge in [0.05, 0.1) is 5.75 Å². The van der Waals surface area contributed by atoms with Gasteiger partial charge in [-0.25, -0.2) is 0 Å². The summed E-state index contributed by atoms with van der Waals surface area (Å²) in [6, 6.07) is 18.2. The highest BCUT2D eigenvalue weighted by Gasteiger charge is 2.17. The lowest BCUT2D eigenvalue weighted by molar-refractivity contribution is 0.488. The maximum atomic E-state index is 12.1. The number of para-hydroxylation sites is 1. The van der Waals surface area contributed by atoms with Crippen LogP contribution in [0.5, 0.6) is 5.75 Å². The van der Waals surface area contributed by atoms with Crippen LogP contribution in [0.1, 0.15) is 0 Å². The zero-order valence-corrected chi connectivity index (χ0v) is 16.2. The molecule has 0 aliphatic carbocycles. The van der Waals surface area contributed by atoms with E-state index in [2.05, 4.69) is 16.8 Å². The normalized spacial score (nSPS) is 11.3. The van der Waals surface area contributed by atoms with Crippen molar-refractivity contribution in [1.29, 1.82) is 0 Å². The van der Waals surface area contributed by atoms with Gasteiger partial charge < -0.3 is 4.18 Å². The molecule has 6 nitrogen and oxygen atoms in total. The van der Waals surface area contributed by atoms with Crippen LogP contribution < -0.4 is 4.18 Å². The Hall–Kier alpha value is -2.58. The largest absolute Gasteiger partial charge is 0.382 e. The fourth-order valence-corrected chi connectivity index (χ4v) is 4.62. The van der Waals surface area contributed by atoms with E-state index in [0.717, 1.165) is 11.4 Å². The number of nitrogens with zero attached hydrogens (tertiary/aromatic N) is 3. The van der Waals surface area contributed by atoms with Gasteiger partial charge in [0.25, 0.3) is 0 Å². The second-order valence-electron chi connectivity index (χ2n) is 5.58. The summed E-state index contributed by atoms with van der Waals surface area (Å²) in [5, 5.41) is 9.10. The van der Waals surface area contributed by atoms with Crippen LogP contribution in [-0.4, -0.2) is 34.7 Å². The third-order valence-electron chi connectivity index (χ3n) is 3.59. The molecule has 0 unspecified atom stereocenters. The van der Waals surface area contributed by atoms with E-state index in [-0.39, 0.29) is 5.75 Å². The van der Waals surface area contributed by atoms with Crippen molar-refractivity contribution in [2.75, 3.05) is 11.5 Å². The molecule has 0 saturated heterocycles. The lowest BCUT2D eigenvalue weighted by Gasteiger charge is -2.08. The molecule has 0 atom stereocenters. The van der Waals surface area contributed by atoms with Gasteiger partial charge in [0, 0.05) is 17.9 Å². The molecule has 0 amide bonds. The average Bonchev–Trinajstić information content (AvgIpc) is 3.06. The van der Waals surface area contributed by atoms with Gasteiger partial charge in [-0.05, 0) is 12.1 Å². The van der Waals surface area contributed by atoms with E-state index >= 15 is 0 Å². The van der Waals surface area contributed by atoms with Crippen molar-refractivity contribution < 1.29 is 12.6 Å². The van der Waals surface area contributed by atoms with E-state index in [9.17, 15) is 8.42 Å². The molecule has 0 aliphatic rings. The minimum Gasteiger partial charge on any atom is -0.382 e. The quantitative estimate of drug-likeness (QED) is 0.310. The first-order chi connectivity index (χ1) is 13.1. The molecule has 2 aromatic carbocycles. The fraction of sp³-hybridized carbons (Fsp3) is 0.158. The van der Waals surface area contributed by atoms with Crippen molar-refractivity contribution in [3.8, 4) is 17.1 Å². The van der Waals surface area contributed by atoms with Crippen molar-refractivity contribution in [1.82, 2.24) is 14.8 Å². The van der Waals surface area contributed by atoms with Crippen LogP contribution >= 0.6 is 11.8 Å². The Morgan fingerprint density at radius 1 is 1.04 bits per heavy atom. The van der Waals surface area contributed by atoms with Gasteiger partial charge >= 0.3 is 10.1 Å². The van der Waals surface area contributed by atoms with E-state index in [1.165, 1.54) is 11.8 Å². The Morgan fingerprint density at radius 2 is 1.70 bits per heavy atom. The van der Waals surface area contributed by atoms with Crippen LogP contribution in [0, 0.1) is 0 Å². The molecule has 0 bridgehead atoms. The molecule has 0 radical (unpaired) electrons. The molecule has 3 rings (SSSR count). The summed E-state index contributed by atoms with van der Waals surface area (Å²) in [7, 11) is -3.67. The van der Waals surface area contributed by atoms with Gasteiger partial charge in [-0.1, -0.05) is 66.4 Å². The number of rotatable bonds is 9. The maximum Gasteiger partial charge on any atom is 0.310 e. The topological polar surface area (TPSA) is 74.1 Å². The van der Waals surface area contributed by atoms with Gasteiger partial charge in [0.1, 0.15) is 5.75 Å². The van der Waals surface area contributed by atoms with E-state index in [0.29, 0.717) is 23.2 Å². The Kier molecular flexibility index (Phi) is 6.31. The van der Waals surface area contributed by atoms with Crippen molar-refractivity contribution >= 4 is 21.9 Å². The second kappa shape index (κ2) is 8.88. The molecule has 0 spiro atoms. The van der Waals surface area contributed by atoms with Crippen LogP contribution in [0.15, 0.2) is 78.5 Å². The summed E-state index contributed by atoms with van der Waals surface area (Å²) < 4.78 is 31.3. The van der Waals surface area contributed by atoms with E-state index < -0.39 is 10.1 Å². The Labute approximate surface area is 163 Å². The number of benzene rings is 2. The molecule has 140 valence electrons. The maximum absolute atomic E-state index is 12.1. The SMILES string of the molecule is C=CCn1c(SCCS(=O)(=O)Oc2ccccc2)nnc1-c1ccccc1. The molecular weight excluding hydrogens is 382 g/mol. The van der Waals surface area contributed by atoms with Crippen LogP contribution in [-0.2, 0) is 16.7 Å². The molecule has 1 heterocycles. The summed E-state index contributed by atoms with van der Waals surface area (Å²) >= 11 is 1.32. The van der Waals surface area contributed by atoms with Gasteiger partial charge in [0.2, 0.25) is 0 Å². The molecule has 0 fully saturated rings. The number of hydrogen-bond donors (Lipinski definition) is 0. The van der Waals surface area contributed by atoms with E-state index in [4.69, 9.17) is 4.18 Å². The smallest absolute Gasteiger partial charge is 0.310 e. The van der Waals surface area contributed by atoms with Crippen molar-refractivity contribution in [3.63, 3.8) is 0 Å². The first kappa shape index (κ1) is 19.2. The highest BCUT2D eigenvalue weighted by molar-refractivity contribution is 8.00.